The van der Waals surface area contributed by atoms with Crippen LogP contribution in [-0.2, 0) is 10.0 Å². The summed E-state index contributed by atoms with van der Waals surface area (Å²) in [6.45, 7) is 3.48. The third kappa shape index (κ3) is 5.58. The molecule has 0 saturated heterocycles. The van der Waals surface area contributed by atoms with E-state index in [9.17, 15) is 48.6 Å². The van der Waals surface area contributed by atoms with Crippen LogP contribution in [0.3, 0.4) is 0 Å². The van der Waals surface area contributed by atoms with E-state index in [-0.39, 0.29) is 18.7 Å². The van der Waals surface area contributed by atoms with Crippen molar-refractivity contribution in [2.75, 3.05) is 18.1 Å². The summed E-state index contributed by atoms with van der Waals surface area (Å²) in [5.41, 5.74) is -6.04. The van der Waals surface area contributed by atoms with Gasteiger partial charge in [-0.05, 0) is 49.1 Å². The SMILES string of the molecule is CC(C)S(=O)(=O)N1CC=C(c2ccc(C3CC(C(O)(C(F)(F)F)C(F)(F)F)=NN3c3ccc(F)cc3F)cc2)CC1. The second-order valence-electron chi connectivity index (χ2n) is 9.97. The maximum Gasteiger partial charge on any atom is 0.431 e. The highest BCUT2D eigenvalue weighted by atomic mass is 32.2. The summed E-state index contributed by atoms with van der Waals surface area (Å²) < 4.78 is 136. The zero-order valence-electron chi connectivity index (χ0n) is 21.6. The molecule has 4 rings (SSSR count). The van der Waals surface area contributed by atoms with Gasteiger partial charge < -0.3 is 5.11 Å². The summed E-state index contributed by atoms with van der Waals surface area (Å²) in [5, 5.41) is 13.3. The zero-order chi connectivity index (χ0) is 30.5. The van der Waals surface area contributed by atoms with Gasteiger partial charge in [0.25, 0.3) is 5.60 Å². The van der Waals surface area contributed by atoms with E-state index in [1.165, 1.54) is 16.4 Å². The molecule has 15 heteroatoms. The summed E-state index contributed by atoms with van der Waals surface area (Å²) in [6, 6.07) is 6.49. The Labute approximate surface area is 230 Å². The lowest BCUT2D eigenvalue weighted by molar-refractivity contribution is -0.338. The maximum atomic E-state index is 14.6. The van der Waals surface area contributed by atoms with Crippen LogP contribution in [0.25, 0.3) is 5.57 Å². The predicted molar refractivity (Wildman–Crippen MR) is 135 cm³/mol. The first kappa shape index (κ1) is 30.9. The van der Waals surface area contributed by atoms with Gasteiger partial charge in [0.1, 0.15) is 5.82 Å². The van der Waals surface area contributed by atoms with Crippen LogP contribution in [0.15, 0.2) is 53.6 Å². The Hall–Kier alpha value is -3.04. The number of hydrogen-bond donors (Lipinski definition) is 1. The first-order chi connectivity index (χ1) is 18.9. The second kappa shape index (κ2) is 10.7. The number of aliphatic hydroxyl groups is 1. The highest BCUT2D eigenvalue weighted by Gasteiger charge is 2.74. The van der Waals surface area contributed by atoms with Gasteiger partial charge in [0.05, 0.1) is 22.7 Å². The molecule has 1 unspecified atom stereocenters. The largest absolute Gasteiger partial charge is 0.431 e. The van der Waals surface area contributed by atoms with Crippen molar-refractivity contribution >= 4 is 27.0 Å². The van der Waals surface area contributed by atoms with Gasteiger partial charge >= 0.3 is 12.4 Å². The number of benzene rings is 2. The molecule has 0 fully saturated rings. The smallest absolute Gasteiger partial charge is 0.369 e. The fourth-order valence-corrected chi connectivity index (χ4v) is 5.95. The topological polar surface area (TPSA) is 73.2 Å². The van der Waals surface area contributed by atoms with Gasteiger partial charge in [0.2, 0.25) is 10.0 Å². The van der Waals surface area contributed by atoms with E-state index < -0.39 is 68.7 Å². The van der Waals surface area contributed by atoms with E-state index in [0.29, 0.717) is 23.1 Å². The van der Waals surface area contributed by atoms with E-state index in [1.807, 2.05) is 0 Å². The number of rotatable bonds is 6. The number of anilines is 1. The maximum absolute atomic E-state index is 14.6. The minimum absolute atomic E-state index is 0.127. The molecule has 6 nitrogen and oxygen atoms in total. The fraction of sp³-hybridized carbons (Fsp3) is 0.423. The van der Waals surface area contributed by atoms with Gasteiger partial charge in [-0.15, -0.1) is 0 Å². The Bertz CT molecular complexity index is 1450. The molecule has 41 heavy (non-hydrogen) atoms. The molecule has 2 aliphatic rings. The number of halogens is 8. The summed E-state index contributed by atoms with van der Waals surface area (Å²) >= 11 is 0. The quantitative estimate of drug-likeness (QED) is 0.410. The van der Waals surface area contributed by atoms with Crippen LogP contribution in [0.4, 0.5) is 40.8 Å². The Morgan fingerprint density at radius 2 is 1.59 bits per heavy atom. The van der Waals surface area contributed by atoms with Crippen LogP contribution < -0.4 is 5.01 Å². The molecule has 0 aliphatic carbocycles. The lowest BCUT2D eigenvalue weighted by atomic mass is 9.89. The Balaban J connectivity index is 1.69. The van der Waals surface area contributed by atoms with Gasteiger partial charge in [-0.3, -0.25) is 5.01 Å². The van der Waals surface area contributed by atoms with Crippen molar-refractivity contribution in [3.63, 3.8) is 0 Å². The highest BCUT2D eigenvalue weighted by molar-refractivity contribution is 7.89. The van der Waals surface area contributed by atoms with Gasteiger partial charge in [0.15, 0.2) is 5.82 Å². The van der Waals surface area contributed by atoms with Crippen LogP contribution in [0, 0.1) is 11.6 Å². The lowest BCUT2D eigenvalue weighted by Gasteiger charge is -2.32. The molecular weight excluding hydrogens is 586 g/mol. The van der Waals surface area contributed by atoms with Crippen molar-refractivity contribution in [3.05, 3.63) is 71.3 Å². The molecule has 1 atom stereocenters. The Kier molecular flexibility index (Phi) is 8.04. The van der Waals surface area contributed by atoms with Crippen LogP contribution >= 0.6 is 0 Å². The molecule has 2 aromatic carbocycles. The molecule has 2 aromatic rings. The third-order valence-corrected chi connectivity index (χ3v) is 9.34. The molecule has 2 heterocycles. The number of nitrogens with zero attached hydrogens (tertiary/aromatic N) is 3. The zero-order valence-corrected chi connectivity index (χ0v) is 22.5. The normalized spacial score (nSPS) is 19.5. The molecule has 0 saturated carbocycles. The van der Waals surface area contributed by atoms with E-state index in [4.69, 9.17) is 0 Å². The van der Waals surface area contributed by atoms with Crippen LogP contribution in [0.2, 0.25) is 0 Å². The number of hydrogen-bond acceptors (Lipinski definition) is 5. The van der Waals surface area contributed by atoms with Gasteiger partial charge in [-0.1, -0.05) is 30.3 Å². The standard InChI is InChI=1S/C26H25F8N3O3S/c1-15(2)41(39,40)36-11-9-17(10-12-36)16-3-5-18(6-4-16)22-14-23(24(38,25(29,30)31)26(32,33)34)35-37(22)21-8-7-19(27)13-20(21)28/h3-9,13,15,22,38H,10-12,14H2,1-2H3. The molecule has 0 radical (unpaired) electrons. The summed E-state index contributed by atoms with van der Waals surface area (Å²) in [5.74, 6) is -2.31. The average Bonchev–Trinajstić information content (AvgIpc) is 3.32. The molecular formula is C26H25F8N3O3S. The molecule has 0 amide bonds. The second-order valence-corrected chi connectivity index (χ2v) is 12.5. The van der Waals surface area contributed by atoms with E-state index >= 15 is 0 Å². The van der Waals surface area contributed by atoms with Crippen molar-refractivity contribution in [1.82, 2.24) is 4.31 Å². The summed E-state index contributed by atoms with van der Waals surface area (Å²) in [7, 11) is -3.46. The van der Waals surface area contributed by atoms with Gasteiger partial charge in [-0.25, -0.2) is 17.2 Å². The molecule has 1 N–H and O–H groups in total. The monoisotopic (exact) mass is 611 g/mol. The molecule has 0 spiro atoms. The first-order valence-electron chi connectivity index (χ1n) is 12.3. The first-order valence-corrected chi connectivity index (χ1v) is 13.8. The summed E-state index contributed by atoms with van der Waals surface area (Å²) in [4.78, 5) is 0. The average molecular weight is 612 g/mol. The van der Waals surface area contributed by atoms with Gasteiger partial charge in [0, 0.05) is 25.6 Å². The van der Waals surface area contributed by atoms with Crippen LogP contribution in [-0.4, -0.2) is 59.8 Å². The predicted octanol–water partition coefficient (Wildman–Crippen LogP) is 5.96. The number of sulfonamides is 1. The van der Waals surface area contributed by atoms with Gasteiger partial charge in [-0.2, -0.15) is 35.7 Å². The highest BCUT2D eigenvalue weighted by Crippen LogP contribution is 2.49. The van der Waals surface area contributed by atoms with Crippen LogP contribution in [0.1, 0.15) is 43.9 Å². The summed E-state index contributed by atoms with van der Waals surface area (Å²) in [6.07, 6.45) is -11.4. The van der Waals surface area contributed by atoms with Crippen molar-refractivity contribution in [3.8, 4) is 0 Å². The minimum Gasteiger partial charge on any atom is -0.369 e. The lowest BCUT2D eigenvalue weighted by Crippen LogP contribution is -2.62. The molecule has 0 aromatic heterocycles. The fourth-order valence-electron chi connectivity index (χ4n) is 4.73. The van der Waals surface area contributed by atoms with E-state index in [1.54, 1.807) is 32.1 Å². The molecule has 2 aliphatic heterocycles. The van der Waals surface area contributed by atoms with Crippen LogP contribution in [0.5, 0.6) is 0 Å². The minimum atomic E-state index is -6.19. The number of hydrazone groups is 1. The number of alkyl halides is 6. The molecule has 224 valence electrons. The molecule has 0 bridgehead atoms. The van der Waals surface area contributed by atoms with E-state index in [2.05, 4.69) is 5.10 Å². The van der Waals surface area contributed by atoms with Crippen molar-refractivity contribution < 1.29 is 48.6 Å². The third-order valence-electron chi connectivity index (χ3n) is 7.10. The van der Waals surface area contributed by atoms with Crippen molar-refractivity contribution in [2.45, 2.75) is 55.9 Å². The van der Waals surface area contributed by atoms with Crippen molar-refractivity contribution in [2.24, 2.45) is 5.10 Å². The van der Waals surface area contributed by atoms with E-state index in [0.717, 1.165) is 17.7 Å². The van der Waals surface area contributed by atoms with Crippen molar-refractivity contribution in [1.29, 1.82) is 0 Å². The Morgan fingerprint density at radius 1 is 0.976 bits per heavy atom. The Morgan fingerprint density at radius 3 is 2.07 bits per heavy atom.